The summed E-state index contributed by atoms with van der Waals surface area (Å²) < 4.78 is 22.5. The fourth-order valence-electron chi connectivity index (χ4n) is 3.25. The van der Waals surface area contributed by atoms with Gasteiger partial charge in [0.05, 0.1) is 20.3 Å². The standard InChI is InChI=1S/C27H29BrO5/c1-3-8-21-19-24(33-23-9-5-4-6-10-23)15-16-25(21)32-18-7-17-31-22-13-11-20(12-14-22)26(28)27(29)30-2/h4-6,9-16,19,26H,3,7-8,17-18H2,1-2H3. The first-order valence-corrected chi connectivity index (χ1v) is 12.0. The smallest absolute Gasteiger partial charge is 0.323 e. The van der Waals surface area contributed by atoms with Gasteiger partial charge in [-0.15, -0.1) is 0 Å². The van der Waals surface area contributed by atoms with Crippen molar-refractivity contribution in [2.45, 2.75) is 31.0 Å². The molecule has 0 spiro atoms. The third-order valence-corrected chi connectivity index (χ3v) is 5.83. The number of hydrogen-bond donors (Lipinski definition) is 0. The van der Waals surface area contributed by atoms with Crippen LogP contribution < -0.4 is 14.2 Å². The number of carbonyl (C=O) groups is 1. The number of para-hydroxylation sites is 1. The highest BCUT2D eigenvalue weighted by Crippen LogP contribution is 2.29. The first kappa shape index (κ1) is 24.6. The number of rotatable bonds is 12. The van der Waals surface area contributed by atoms with E-state index in [2.05, 4.69) is 28.9 Å². The Hall–Kier alpha value is -2.99. The van der Waals surface area contributed by atoms with Crippen LogP contribution in [0.15, 0.2) is 72.8 Å². The van der Waals surface area contributed by atoms with Crippen LogP contribution in [0.4, 0.5) is 0 Å². The summed E-state index contributed by atoms with van der Waals surface area (Å²) in [4.78, 5) is 11.1. The number of esters is 1. The number of benzene rings is 3. The summed E-state index contributed by atoms with van der Waals surface area (Å²) in [5.74, 6) is 2.92. The Morgan fingerprint density at radius 2 is 1.58 bits per heavy atom. The van der Waals surface area contributed by atoms with E-state index >= 15 is 0 Å². The van der Waals surface area contributed by atoms with E-state index in [9.17, 15) is 4.79 Å². The summed E-state index contributed by atoms with van der Waals surface area (Å²) in [6.07, 6.45) is 2.69. The summed E-state index contributed by atoms with van der Waals surface area (Å²) in [6.45, 7) is 3.24. The van der Waals surface area contributed by atoms with Crippen molar-refractivity contribution in [1.29, 1.82) is 0 Å². The third-order valence-electron chi connectivity index (χ3n) is 4.93. The van der Waals surface area contributed by atoms with Gasteiger partial charge in [-0.2, -0.15) is 0 Å². The predicted octanol–water partition coefficient (Wildman–Crippen LogP) is 6.89. The van der Waals surface area contributed by atoms with Gasteiger partial charge in [0.1, 0.15) is 27.8 Å². The number of alkyl halides is 1. The van der Waals surface area contributed by atoms with Gasteiger partial charge >= 0.3 is 5.97 Å². The Balaban J connectivity index is 1.47. The first-order valence-electron chi connectivity index (χ1n) is 11.0. The summed E-state index contributed by atoms with van der Waals surface area (Å²) >= 11 is 3.33. The second kappa shape index (κ2) is 12.9. The van der Waals surface area contributed by atoms with E-state index in [1.54, 1.807) is 0 Å². The first-order chi connectivity index (χ1) is 16.1. The third kappa shape index (κ3) is 7.53. The van der Waals surface area contributed by atoms with Gasteiger partial charge in [-0.25, -0.2) is 0 Å². The molecule has 0 aromatic heterocycles. The van der Waals surface area contributed by atoms with E-state index in [4.69, 9.17) is 18.9 Å². The molecule has 0 fully saturated rings. The number of hydrogen-bond acceptors (Lipinski definition) is 5. The highest BCUT2D eigenvalue weighted by molar-refractivity contribution is 9.09. The molecule has 3 aromatic rings. The summed E-state index contributed by atoms with van der Waals surface area (Å²) in [5, 5.41) is 0. The minimum Gasteiger partial charge on any atom is -0.493 e. The average Bonchev–Trinajstić information content (AvgIpc) is 2.85. The second-order valence-corrected chi connectivity index (χ2v) is 8.36. The van der Waals surface area contributed by atoms with Gasteiger partial charge in [-0.3, -0.25) is 4.79 Å². The van der Waals surface area contributed by atoms with Gasteiger partial charge in [0.25, 0.3) is 0 Å². The maximum atomic E-state index is 11.6. The van der Waals surface area contributed by atoms with Gasteiger partial charge in [0.15, 0.2) is 0 Å². The Kier molecular flexibility index (Phi) is 9.63. The Morgan fingerprint density at radius 1 is 0.879 bits per heavy atom. The van der Waals surface area contributed by atoms with Gasteiger partial charge in [0, 0.05) is 6.42 Å². The van der Waals surface area contributed by atoms with E-state index in [0.717, 1.165) is 53.4 Å². The lowest BCUT2D eigenvalue weighted by Crippen LogP contribution is -2.08. The Bertz CT molecular complexity index is 1000. The van der Waals surface area contributed by atoms with Crippen LogP contribution in [0, 0.1) is 0 Å². The SMILES string of the molecule is CCCc1cc(Oc2ccccc2)ccc1OCCCOc1ccc(C(Br)C(=O)OC)cc1. The molecule has 1 unspecified atom stereocenters. The molecule has 0 aliphatic rings. The molecule has 3 aromatic carbocycles. The van der Waals surface area contributed by atoms with Crippen LogP contribution in [-0.4, -0.2) is 26.3 Å². The van der Waals surface area contributed by atoms with Crippen LogP contribution >= 0.6 is 15.9 Å². The van der Waals surface area contributed by atoms with Crippen molar-refractivity contribution < 1.29 is 23.7 Å². The molecule has 3 rings (SSSR count). The molecular weight excluding hydrogens is 484 g/mol. The normalized spacial score (nSPS) is 11.5. The van der Waals surface area contributed by atoms with Crippen LogP contribution in [0.5, 0.6) is 23.0 Å². The summed E-state index contributed by atoms with van der Waals surface area (Å²) in [6, 6.07) is 23.1. The molecule has 0 saturated carbocycles. The molecule has 0 aliphatic carbocycles. The van der Waals surface area contributed by atoms with E-state index in [1.165, 1.54) is 7.11 Å². The molecule has 0 N–H and O–H groups in total. The van der Waals surface area contributed by atoms with Crippen molar-refractivity contribution in [2.24, 2.45) is 0 Å². The molecule has 0 saturated heterocycles. The molecule has 174 valence electrons. The second-order valence-electron chi connectivity index (χ2n) is 7.44. The molecule has 33 heavy (non-hydrogen) atoms. The van der Waals surface area contributed by atoms with Gasteiger partial charge in [-0.1, -0.05) is 59.6 Å². The lowest BCUT2D eigenvalue weighted by molar-refractivity contribution is -0.139. The Labute approximate surface area is 203 Å². The van der Waals surface area contributed by atoms with Crippen molar-refractivity contribution in [2.75, 3.05) is 20.3 Å². The molecule has 0 bridgehead atoms. The van der Waals surface area contributed by atoms with Crippen LogP contribution in [-0.2, 0) is 16.0 Å². The number of methoxy groups -OCH3 is 1. The average molecular weight is 513 g/mol. The Morgan fingerprint density at radius 3 is 2.27 bits per heavy atom. The number of carbonyl (C=O) groups excluding carboxylic acids is 1. The quantitative estimate of drug-likeness (QED) is 0.150. The highest BCUT2D eigenvalue weighted by Gasteiger charge is 2.17. The summed E-state index contributed by atoms with van der Waals surface area (Å²) in [7, 11) is 1.37. The molecule has 0 radical (unpaired) electrons. The number of halogens is 1. The lowest BCUT2D eigenvalue weighted by atomic mass is 10.1. The molecule has 0 amide bonds. The number of aryl methyl sites for hydroxylation is 1. The zero-order chi connectivity index (χ0) is 23.5. The minimum atomic E-state index is -0.480. The van der Waals surface area contributed by atoms with Crippen LogP contribution in [0.1, 0.15) is 35.7 Å². The minimum absolute atomic E-state index is 0.331. The van der Waals surface area contributed by atoms with Crippen molar-refractivity contribution in [1.82, 2.24) is 0 Å². The fourth-order valence-corrected chi connectivity index (χ4v) is 3.75. The highest BCUT2D eigenvalue weighted by atomic mass is 79.9. The molecule has 0 aliphatic heterocycles. The van der Waals surface area contributed by atoms with Crippen LogP contribution in [0.3, 0.4) is 0 Å². The van der Waals surface area contributed by atoms with Crippen LogP contribution in [0.2, 0.25) is 0 Å². The van der Waals surface area contributed by atoms with Gasteiger partial charge in [-0.05, 0) is 60.0 Å². The predicted molar refractivity (Wildman–Crippen MR) is 133 cm³/mol. The van der Waals surface area contributed by atoms with Crippen LogP contribution in [0.25, 0.3) is 0 Å². The lowest BCUT2D eigenvalue weighted by Gasteiger charge is -2.14. The van der Waals surface area contributed by atoms with Crippen molar-refractivity contribution in [3.63, 3.8) is 0 Å². The fraction of sp³-hybridized carbons (Fsp3) is 0.296. The maximum Gasteiger partial charge on any atom is 0.323 e. The van der Waals surface area contributed by atoms with E-state index in [-0.39, 0.29) is 5.97 Å². The maximum absolute atomic E-state index is 11.6. The van der Waals surface area contributed by atoms with Gasteiger partial charge in [0.2, 0.25) is 0 Å². The monoisotopic (exact) mass is 512 g/mol. The molecular formula is C27H29BrO5. The van der Waals surface area contributed by atoms with E-state index < -0.39 is 4.83 Å². The van der Waals surface area contributed by atoms with Crippen molar-refractivity contribution >= 4 is 21.9 Å². The van der Waals surface area contributed by atoms with E-state index in [0.29, 0.717) is 13.2 Å². The van der Waals surface area contributed by atoms with Crippen molar-refractivity contribution in [3.05, 3.63) is 83.9 Å². The molecule has 5 nitrogen and oxygen atoms in total. The molecule has 0 heterocycles. The van der Waals surface area contributed by atoms with Crippen molar-refractivity contribution in [3.8, 4) is 23.0 Å². The topological polar surface area (TPSA) is 54.0 Å². The largest absolute Gasteiger partial charge is 0.493 e. The van der Waals surface area contributed by atoms with Gasteiger partial charge < -0.3 is 18.9 Å². The molecule has 6 heteroatoms. The van der Waals surface area contributed by atoms with E-state index in [1.807, 2.05) is 66.7 Å². The zero-order valence-electron chi connectivity index (χ0n) is 19.0. The summed E-state index contributed by atoms with van der Waals surface area (Å²) in [5.41, 5.74) is 1.96. The number of ether oxygens (including phenoxy) is 4. The molecule has 1 atom stereocenters. The zero-order valence-corrected chi connectivity index (χ0v) is 20.5.